The first-order chi connectivity index (χ1) is 5.99. The van der Waals surface area contributed by atoms with Gasteiger partial charge in [0, 0.05) is 20.0 Å². The fourth-order valence-electron chi connectivity index (χ4n) is 0.995. The van der Waals surface area contributed by atoms with E-state index in [4.69, 9.17) is 5.11 Å². The molecule has 1 N–H and O–H groups in total. The predicted molar refractivity (Wildman–Crippen MR) is 49.3 cm³/mol. The number of aliphatic carboxylic acids is 1. The van der Waals surface area contributed by atoms with Crippen LogP contribution in [0.5, 0.6) is 0 Å². The van der Waals surface area contributed by atoms with Gasteiger partial charge in [0.2, 0.25) is 5.91 Å². The number of carbonyl (C=O) groups is 2. The van der Waals surface area contributed by atoms with E-state index < -0.39 is 11.9 Å². The molecule has 0 spiro atoms. The van der Waals surface area contributed by atoms with E-state index in [0.29, 0.717) is 6.42 Å². The summed E-state index contributed by atoms with van der Waals surface area (Å²) >= 11 is 0. The molecule has 0 aliphatic rings. The minimum atomic E-state index is -0.865. The van der Waals surface area contributed by atoms with Gasteiger partial charge < -0.3 is 10.0 Å². The van der Waals surface area contributed by atoms with Crippen LogP contribution in [0, 0.1) is 5.92 Å². The molecule has 0 saturated heterocycles. The first kappa shape index (κ1) is 11.9. The van der Waals surface area contributed by atoms with Crippen LogP contribution in [0.15, 0.2) is 0 Å². The van der Waals surface area contributed by atoms with Crippen LogP contribution in [0.2, 0.25) is 0 Å². The van der Waals surface area contributed by atoms with Crippen molar-refractivity contribution in [3.63, 3.8) is 0 Å². The molecule has 13 heavy (non-hydrogen) atoms. The van der Waals surface area contributed by atoms with Gasteiger partial charge in [-0.25, -0.2) is 0 Å². The Balaban J connectivity index is 3.92. The van der Waals surface area contributed by atoms with E-state index >= 15 is 0 Å². The highest BCUT2D eigenvalue weighted by Crippen LogP contribution is 2.01. The zero-order valence-electron chi connectivity index (χ0n) is 8.41. The molecule has 1 atom stereocenters. The Morgan fingerprint density at radius 3 is 2.38 bits per heavy atom. The molecule has 0 aromatic carbocycles. The number of hydrogen-bond donors (Lipinski definition) is 1. The predicted octanol–water partition coefficient (Wildman–Crippen LogP) is 0.966. The highest BCUT2D eigenvalue weighted by atomic mass is 16.4. The third-order valence-corrected chi connectivity index (χ3v) is 1.86. The lowest BCUT2D eigenvalue weighted by Crippen LogP contribution is -2.33. The maximum atomic E-state index is 11.2. The van der Waals surface area contributed by atoms with Gasteiger partial charge in [-0.15, -0.1) is 0 Å². The smallest absolute Gasteiger partial charge is 0.308 e. The van der Waals surface area contributed by atoms with Crippen molar-refractivity contribution >= 4 is 11.9 Å². The molecule has 0 bridgehead atoms. The average molecular weight is 187 g/mol. The Morgan fingerprint density at radius 2 is 2.00 bits per heavy atom. The summed E-state index contributed by atoms with van der Waals surface area (Å²) in [6, 6.07) is 0. The molecule has 1 unspecified atom stereocenters. The van der Waals surface area contributed by atoms with E-state index in [2.05, 4.69) is 0 Å². The second-order valence-electron chi connectivity index (χ2n) is 3.26. The summed E-state index contributed by atoms with van der Waals surface area (Å²) in [6.45, 7) is 3.80. The lowest BCUT2D eigenvalue weighted by molar-refractivity contribution is -0.142. The molecule has 0 heterocycles. The van der Waals surface area contributed by atoms with Crippen molar-refractivity contribution in [1.82, 2.24) is 4.90 Å². The lowest BCUT2D eigenvalue weighted by atomic mass is 10.1. The van der Waals surface area contributed by atoms with E-state index in [-0.39, 0.29) is 12.5 Å². The van der Waals surface area contributed by atoms with Crippen molar-refractivity contribution in [1.29, 1.82) is 0 Å². The van der Waals surface area contributed by atoms with Gasteiger partial charge in [-0.1, -0.05) is 13.8 Å². The highest BCUT2D eigenvalue weighted by Gasteiger charge is 2.16. The standard InChI is InChI=1S/C9H17NO3/c1-4-5-8(11)10(3)6-7(2)9(12)13/h7H,4-6H2,1-3H3,(H,12,13). The summed E-state index contributed by atoms with van der Waals surface area (Å²) in [5, 5.41) is 8.60. The largest absolute Gasteiger partial charge is 0.481 e. The summed E-state index contributed by atoms with van der Waals surface area (Å²) in [5.41, 5.74) is 0. The number of rotatable bonds is 5. The van der Waals surface area contributed by atoms with E-state index in [0.717, 1.165) is 6.42 Å². The van der Waals surface area contributed by atoms with Crippen LogP contribution in [0.25, 0.3) is 0 Å². The molecule has 0 fully saturated rings. The SMILES string of the molecule is CCCC(=O)N(C)CC(C)C(=O)O. The van der Waals surface area contributed by atoms with Crippen molar-refractivity contribution in [3.05, 3.63) is 0 Å². The molecule has 0 aliphatic carbocycles. The first-order valence-corrected chi connectivity index (χ1v) is 4.45. The van der Waals surface area contributed by atoms with Gasteiger partial charge in [-0.2, -0.15) is 0 Å². The second kappa shape index (κ2) is 5.56. The molecular formula is C9H17NO3. The highest BCUT2D eigenvalue weighted by molar-refractivity contribution is 5.77. The van der Waals surface area contributed by atoms with Crippen LogP contribution in [0.3, 0.4) is 0 Å². The molecule has 0 rings (SSSR count). The van der Waals surface area contributed by atoms with E-state index in [1.807, 2.05) is 6.92 Å². The molecule has 0 aliphatic heterocycles. The fourth-order valence-corrected chi connectivity index (χ4v) is 0.995. The lowest BCUT2D eigenvalue weighted by Gasteiger charge is -2.18. The van der Waals surface area contributed by atoms with Crippen LogP contribution in [0.4, 0.5) is 0 Å². The summed E-state index contributed by atoms with van der Waals surface area (Å²) in [7, 11) is 1.64. The van der Waals surface area contributed by atoms with Gasteiger partial charge in [0.25, 0.3) is 0 Å². The maximum absolute atomic E-state index is 11.2. The Labute approximate surface area is 78.5 Å². The minimum Gasteiger partial charge on any atom is -0.481 e. The van der Waals surface area contributed by atoms with Crippen molar-refractivity contribution in [2.45, 2.75) is 26.7 Å². The van der Waals surface area contributed by atoms with Crippen LogP contribution in [-0.2, 0) is 9.59 Å². The normalized spacial score (nSPS) is 12.2. The number of carboxylic acid groups (broad SMARTS) is 1. The van der Waals surface area contributed by atoms with Crippen molar-refractivity contribution in [2.75, 3.05) is 13.6 Å². The van der Waals surface area contributed by atoms with E-state index in [9.17, 15) is 9.59 Å². The summed E-state index contributed by atoms with van der Waals surface area (Å²) in [6.07, 6.45) is 1.29. The monoisotopic (exact) mass is 187 g/mol. The quantitative estimate of drug-likeness (QED) is 0.697. The number of nitrogens with zero attached hydrogens (tertiary/aromatic N) is 1. The molecule has 0 aromatic rings. The molecule has 1 amide bonds. The Morgan fingerprint density at radius 1 is 1.46 bits per heavy atom. The topological polar surface area (TPSA) is 57.6 Å². The Hall–Kier alpha value is -1.06. The molecule has 0 aromatic heterocycles. The number of carboxylic acids is 1. The maximum Gasteiger partial charge on any atom is 0.308 e. The second-order valence-corrected chi connectivity index (χ2v) is 3.26. The third kappa shape index (κ3) is 4.50. The zero-order chi connectivity index (χ0) is 10.4. The molecule has 0 radical (unpaired) electrons. The van der Waals surface area contributed by atoms with E-state index in [1.54, 1.807) is 14.0 Å². The van der Waals surface area contributed by atoms with Gasteiger partial charge in [0.15, 0.2) is 0 Å². The van der Waals surface area contributed by atoms with Crippen LogP contribution >= 0.6 is 0 Å². The van der Waals surface area contributed by atoms with E-state index in [1.165, 1.54) is 4.90 Å². The zero-order valence-corrected chi connectivity index (χ0v) is 8.41. The Bertz CT molecular complexity index is 191. The minimum absolute atomic E-state index is 0.00981. The van der Waals surface area contributed by atoms with Crippen LogP contribution in [0.1, 0.15) is 26.7 Å². The van der Waals surface area contributed by atoms with Crippen molar-refractivity contribution < 1.29 is 14.7 Å². The van der Waals surface area contributed by atoms with Gasteiger partial charge in [0.05, 0.1) is 5.92 Å². The average Bonchev–Trinajstić information content (AvgIpc) is 2.04. The van der Waals surface area contributed by atoms with Gasteiger partial charge in [0.1, 0.15) is 0 Å². The van der Waals surface area contributed by atoms with Crippen molar-refractivity contribution in [3.8, 4) is 0 Å². The van der Waals surface area contributed by atoms with Gasteiger partial charge in [-0.05, 0) is 6.42 Å². The van der Waals surface area contributed by atoms with Gasteiger partial charge in [-0.3, -0.25) is 9.59 Å². The number of hydrogen-bond acceptors (Lipinski definition) is 2. The summed E-state index contributed by atoms with van der Waals surface area (Å²) in [5.74, 6) is -1.35. The van der Waals surface area contributed by atoms with Crippen molar-refractivity contribution in [2.24, 2.45) is 5.92 Å². The molecule has 4 nitrogen and oxygen atoms in total. The molecule has 4 heteroatoms. The first-order valence-electron chi connectivity index (χ1n) is 4.45. The Kier molecular flexibility index (Phi) is 5.11. The molecular weight excluding hydrogens is 170 g/mol. The number of carbonyl (C=O) groups excluding carboxylic acids is 1. The van der Waals surface area contributed by atoms with Gasteiger partial charge >= 0.3 is 5.97 Å². The van der Waals surface area contributed by atoms with Crippen LogP contribution < -0.4 is 0 Å². The number of amides is 1. The molecule has 76 valence electrons. The summed E-state index contributed by atoms with van der Waals surface area (Å²) < 4.78 is 0. The molecule has 0 saturated carbocycles. The fraction of sp³-hybridized carbons (Fsp3) is 0.778. The van der Waals surface area contributed by atoms with Crippen LogP contribution in [-0.4, -0.2) is 35.5 Å². The summed E-state index contributed by atoms with van der Waals surface area (Å²) in [4.78, 5) is 23.2. The third-order valence-electron chi connectivity index (χ3n) is 1.86.